The first-order valence-electron chi connectivity index (χ1n) is 6.23. The van der Waals surface area contributed by atoms with Crippen LogP contribution in [0, 0.1) is 0 Å². The lowest BCUT2D eigenvalue weighted by molar-refractivity contribution is 0.172. The summed E-state index contributed by atoms with van der Waals surface area (Å²) in [5.74, 6) is 0.938. The molecule has 0 radical (unpaired) electrons. The molecule has 0 aromatic carbocycles. The van der Waals surface area contributed by atoms with Crippen LogP contribution >= 0.6 is 23.1 Å². The summed E-state index contributed by atoms with van der Waals surface area (Å²) < 4.78 is 0. The molecule has 2 unspecified atom stereocenters. The van der Waals surface area contributed by atoms with Gasteiger partial charge in [0.1, 0.15) is 0 Å². The van der Waals surface area contributed by atoms with E-state index in [9.17, 15) is 5.11 Å². The molecule has 2 aromatic rings. The number of rotatable bonds is 7. The molecule has 0 spiro atoms. The minimum Gasteiger partial charge on any atom is -0.387 e. The molecule has 2 aromatic heterocycles. The topological polar surface area (TPSA) is 45.2 Å². The van der Waals surface area contributed by atoms with Crippen LogP contribution in [0.15, 0.2) is 46.2 Å². The van der Waals surface area contributed by atoms with Crippen LogP contribution in [0.25, 0.3) is 0 Å². The molecule has 0 aliphatic carbocycles. The van der Waals surface area contributed by atoms with Crippen molar-refractivity contribution in [3.8, 4) is 0 Å². The largest absolute Gasteiger partial charge is 0.387 e. The fourth-order valence-electron chi connectivity index (χ4n) is 1.60. The first kappa shape index (κ1) is 14.5. The summed E-state index contributed by atoms with van der Waals surface area (Å²) in [4.78, 5) is 4.27. The number of thiophene rings is 1. The molecular formula is C14H18N2OS2. The van der Waals surface area contributed by atoms with Crippen molar-refractivity contribution in [1.29, 1.82) is 0 Å². The first-order valence-corrected chi connectivity index (χ1v) is 8.16. The summed E-state index contributed by atoms with van der Waals surface area (Å²) in [6.45, 7) is 2.71. The number of hydrogen-bond acceptors (Lipinski definition) is 5. The van der Waals surface area contributed by atoms with Crippen molar-refractivity contribution in [2.45, 2.75) is 24.1 Å². The van der Waals surface area contributed by atoms with Crippen molar-refractivity contribution in [2.24, 2.45) is 0 Å². The number of nitrogens with zero attached hydrogens (tertiary/aromatic N) is 1. The Bertz CT molecular complexity index is 462. The third-order valence-electron chi connectivity index (χ3n) is 2.71. The van der Waals surface area contributed by atoms with Crippen LogP contribution in [-0.2, 0) is 0 Å². The van der Waals surface area contributed by atoms with Gasteiger partial charge in [-0.1, -0.05) is 6.07 Å². The Labute approximate surface area is 122 Å². The number of pyridine rings is 1. The number of aliphatic hydroxyl groups excluding tert-OH is 1. The van der Waals surface area contributed by atoms with E-state index in [-0.39, 0.29) is 0 Å². The van der Waals surface area contributed by atoms with E-state index < -0.39 is 6.10 Å². The average Bonchev–Trinajstić information content (AvgIpc) is 2.98. The van der Waals surface area contributed by atoms with Crippen LogP contribution in [0.4, 0.5) is 0 Å². The van der Waals surface area contributed by atoms with Crippen LogP contribution in [0.3, 0.4) is 0 Å². The Morgan fingerprint density at radius 2 is 2.32 bits per heavy atom. The maximum atomic E-state index is 9.97. The minimum absolute atomic E-state index is 0.334. The maximum absolute atomic E-state index is 9.97. The molecule has 102 valence electrons. The number of thioether (sulfide) groups is 1. The molecule has 19 heavy (non-hydrogen) atoms. The van der Waals surface area contributed by atoms with Gasteiger partial charge in [0.15, 0.2) is 0 Å². The van der Waals surface area contributed by atoms with Crippen LogP contribution in [0.1, 0.15) is 18.6 Å². The van der Waals surface area contributed by atoms with Crippen molar-refractivity contribution in [2.75, 3.05) is 12.3 Å². The molecule has 0 aliphatic rings. The van der Waals surface area contributed by atoms with Crippen LogP contribution in [-0.4, -0.2) is 28.4 Å². The SMILES string of the molecule is CC(CSc1ccccn1)NCC(O)c1ccsc1. The van der Waals surface area contributed by atoms with Crippen LogP contribution in [0.2, 0.25) is 0 Å². The molecule has 2 heterocycles. The van der Waals surface area contributed by atoms with E-state index in [2.05, 4.69) is 17.2 Å². The van der Waals surface area contributed by atoms with Crippen molar-refractivity contribution in [3.63, 3.8) is 0 Å². The van der Waals surface area contributed by atoms with E-state index in [0.717, 1.165) is 16.3 Å². The Kier molecular flexibility index (Phi) is 5.85. The molecule has 0 saturated carbocycles. The van der Waals surface area contributed by atoms with Crippen LogP contribution in [0.5, 0.6) is 0 Å². The third-order valence-corrected chi connectivity index (χ3v) is 4.61. The first-order chi connectivity index (χ1) is 9.25. The Hall–Kier alpha value is -0.880. The van der Waals surface area contributed by atoms with Gasteiger partial charge in [-0.15, -0.1) is 11.8 Å². The summed E-state index contributed by atoms with van der Waals surface area (Å²) in [6, 6.07) is 8.22. The smallest absolute Gasteiger partial charge is 0.0960 e. The molecule has 0 saturated heterocycles. The monoisotopic (exact) mass is 294 g/mol. The molecule has 0 amide bonds. The molecule has 3 nitrogen and oxygen atoms in total. The van der Waals surface area contributed by atoms with Crippen molar-refractivity contribution in [3.05, 3.63) is 46.8 Å². The van der Waals surface area contributed by atoms with Gasteiger partial charge in [0.2, 0.25) is 0 Å². The van der Waals surface area contributed by atoms with E-state index in [1.165, 1.54) is 0 Å². The van der Waals surface area contributed by atoms with Gasteiger partial charge in [-0.3, -0.25) is 0 Å². The zero-order chi connectivity index (χ0) is 13.5. The lowest BCUT2D eigenvalue weighted by Gasteiger charge is -2.16. The summed E-state index contributed by atoms with van der Waals surface area (Å²) in [6.07, 6.45) is 1.38. The molecule has 0 aliphatic heterocycles. The summed E-state index contributed by atoms with van der Waals surface area (Å²) >= 11 is 3.33. The Balaban J connectivity index is 1.69. The number of aromatic nitrogens is 1. The van der Waals surface area contributed by atoms with Gasteiger partial charge in [0, 0.05) is 24.5 Å². The van der Waals surface area contributed by atoms with Gasteiger partial charge < -0.3 is 10.4 Å². The van der Waals surface area contributed by atoms with Gasteiger partial charge in [0.25, 0.3) is 0 Å². The third kappa shape index (κ3) is 4.95. The maximum Gasteiger partial charge on any atom is 0.0960 e. The second-order valence-corrected chi connectivity index (χ2v) is 6.18. The second-order valence-electron chi connectivity index (χ2n) is 4.36. The molecule has 2 rings (SSSR count). The van der Waals surface area contributed by atoms with E-state index in [4.69, 9.17) is 0 Å². The van der Waals surface area contributed by atoms with Crippen molar-refractivity contribution in [1.82, 2.24) is 10.3 Å². The van der Waals surface area contributed by atoms with Crippen molar-refractivity contribution >= 4 is 23.1 Å². The predicted molar refractivity (Wildman–Crippen MR) is 81.7 cm³/mol. The van der Waals surface area contributed by atoms with Gasteiger partial charge in [0.05, 0.1) is 11.1 Å². The lowest BCUT2D eigenvalue weighted by atomic mass is 10.2. The highest BCUT2D eigenvalue weighted by atomic mass is 32.2. The normalized spacial score (nSPS) is 14.2. The highest BCUT2D eigenvalue weighted by Gasteiger charge is 2.10. The zero-order valence-electron chi connectivity index (χ0n) is 10.8. The van der Waals surface area contributed by atoms with E-state index in [1.807, 2.05) is 35.0 Å². The number of hydrogen-bond donors (Lipinski definition) is 2. The average molecular weight is 294 g/mol. The van der Waals surface area contributed by atoms with Crippen molar-refractivity contribution < 1.29 is 5.11 Å². The summed E-state index contributed by atoms with van der Waals surface area (Å²) in [7, 11) is 0. The minimum atomic E-state index is -0.423. The Morgan fingerprint density at radius 1 is 1.42 bits per heavy atom. The van der Waals surface area contributed by atoms with E-state index in [1.54, 1.807) is 29.3 Å². The van der Waals surface area contributed by atoms with E-state index >= 15 is 0 Å². The fourth-order valence-corrected chi connectivity index (χ4v) is 3.15. The fraction of sp³-hybridized carbons (Fsp3) is 0.357. The molecule has 0 fully saturated rings. The van der Waals surface area contributed by atoms with Gasteiger partial charge in [-0.2, -0.15) is 11.3 Å². The van der Waals surface area contributed by atoms with Gasteiger partial charge >= 0.3 is 0 Å². The molecule has 2 atom stereocenters. The molecular weight excluding hydrogens is 276 g/mol. The zero-order valence-corrected chi connectivity index (χ0v) is 12.5. The van der Waals surface area contributed by atoms with Gasteiger partial charge in [-0.05, 0) is 41.4 Å². The number of aliphatic hydroxyl groups is 1. The highest BCUT2D eigenvalue weighted by Crippen LogP contribution is 2.17. The molecule has 0 bridgehead atoms. The predicted octanol–water partition coefficient (Wildman–Crippen LogP) is 2.95. The summed E-state index contributed by atoms with van der Waals surface area (Å²) in [5, 5.41) is 18.3. The standard InChI is InChI=1S/C14H18N2OS2/c1-11(9-19-14-4-2-3-6-15-14)16-8-13(17)12-5-7-18-10-12/h2-7,10-11,13,16-17H,8-9H2,1H3. The quantitative estimate of drug-likeness (QED) is 0.771. The Morgan fingerprint density at radius 3 is 3.00 bits per heavy atom. The summed E-state index contributed by atoms with van der Waals surface area (Å²) in [5.41, 5.74) is 0.988. The second kappa shape index (κ2) is 7.65. The van der Waals surface area contributed by atoms with Gasteiger partial charge in [-0.25, -0.2) is 4.98 Å². The number of nitrogens with one attached hydrogen (secondary N) is 1. The van der Waals surface area contributed by atoms with E-state index in [0.29, 0.717) is 12.6 Å². The molecule has 2 N–H and O–H groups in total. The van der Waals surface area contributed by atoms with Crippen LogP contribution < -0.4 is 5.32 Å². The lowest BCUT2D eigenvalue weighted by Crippen LogP contribution is -2.32. The molecule has 5 heteroatoms. The highest BCUT2D eigenvalue weighted by molar-refractivity contribution is 7.99.